The fraction of sp³-hybridized carbons (Fsp3) is 0.333. The second-order valence-electron chi connectivity index (χ2n) is 7.65. The predicted molar refractivity (Wildman–Crippen MR) is 142 cm³/mol. The normalized spacial score (nSPS) is 13.8. The quantitative estimate of drug-likeness (QED) is 0.312. The zero-order valence-corrected chi connectivity index (χ0v) is 21.0. The molecular weight excluding hydrogens is 496 g/mol. The van der Waals surface area contributed by atoms with E-state index in [9.17, 15) is 0 Å². The van der Waals surface area contributed by atoms with Gasteiger partial charge >= 0.3 is 0 Å². The Morgan fingerprint density at radius 1 is 1.03 bits per heavy atom. The topological polar surface area (TPSA) is 90.8 Å². The molecule has 0 saturated carbocycles. The molecule has 1 aliphatic rings. The van der Waals surface area contributed by atoms with Gasteiger partial charge in [-0.25, -0.2) is 5.43 Å². The van der Waals surface area contributed by atoms with E-state index in [2.05, 4.69) is 82.5 Å². The van der Waals surface area contributed by atoms with Crippen LogP contribution in [0, 0.1) is 0 Å². The van der Waals surface area contributed by atoms with Gasteiger partial charge in [-0.3, -0.25) is 0 Å². The smallest absolute Gasteiger partial charge is 0.250 e. The summed E-state index contributed by atoms with van der Waals surface area (Å²) in [5, 5.41) is 7.61. The van der Waals surface area contributed by atoms with Crippen LogP contribution in [0.5, 0.6) is 0 Å². The molecule has 34 heavy (non-hydrogen) atoms. The lowest BCUT2D eigenvalue weighted by molar-refractivity contribution is 0.122. The summed E-state index contributed by atoms with van der Waals surface area (Å²) >= 11 is 3.49. The zero-order valence-electron chi connectivity index (χ0n) is 19.4. The first-order chi connectivity index (χ1) is 16.6. The molecule has 3 aromatic rings. The molecule has 0 spiro atoms. The summed E-state index contributed by atoms with van der Waals surface area (Å²) in [5.74, 6) is 1.39. The van der Waals surface area contributed by atoms with Crippen molar-refractivity contribution in [1.82, 2.24) is 15.0 Å². The highest BCUT2D eigenvalue weighted by molar-refractivity contribution is 9.10. The Bertz CT molecular complexity index is 1100. The van der Waals surface area contributed by atoms with Crippen molar-refractivity contribution >= 4 is 51.4 Å². The average molecular weight is 525 g/mol. The monoisotopic (exact) mass is 524 g/mol. The molecule has 1 fully saturated rings. The maximum Gasteiger partial charge on any atom is 0.250 e. The van der Waals surface area contributed by atoms with Gasteiger partial charge in [0.2, 0.25) is 17.8 Å². The van der Waals surface area contributed by atoms with Crippen LogP contribution in [0.25, 0.3) is 0 Å². The van der Waals surface area contributed by atoms with E-state index in [1.807, 2.05) is 36.4 Å². The molecule has 2 N–H and O–H groups in total. The number of hydrogen-bond acceptors (Lipinski definition) is 9. The molecule has 4 rings (SSSR count). The van der Waals surface area contributed by atoms with Gasteiger partial charge in [-0.05, 0) is 49.7 Å². The lowest BCUT2D eigenvalue weighted by Crippen LogP contribution is -2.37. The summed E-state index contributed by atoms with van der Waals surface area (Å²) in [6, 6.07) is 16.1. The summed E-state index contributed by atoms with van der Waals surface area (Å²) < 4.78 is 6.43. The van der Waals surface area contributed by atoms with Gasteiger partial charge in [0.15, 0.2) is 0 Å². The summed E-state index contributed by atoms with van der Waals surface area (Å²) in [4.78, 5) is 18.1. The van der Waals surface area contributed by atoms with Crippen LogP contribution in [-0.2, 0) is 4.74 Å². The molecule has 0 unspecified atom stereocenters. The van der Waals surface area contributed by atoms with Gasteiger partial charge in [-0.15, -0.1) is 0 Å². The number of hydrazone groups is 1. The van der Waals surface area contributed by atoms with Crippen LogP contribution in [0.2, 0.25) is 0 Å². The van der Waals surface area contributed by atoms with Crippen LogP contribution >= 0.6 is 15.9 Å². The Hall–Kier alpha value is -3.24. The number of hydrogen-bond donors (Lipinski definition) is 2. The number of benzene rings is 2. The predicted octanol–water partition coefficient (Wildman–Crippen LogP) is 4.51. The van der Waals surface area contributed by atoms with Crippen molar-refractivity contribution in [3.63, 3.8) is 0 Å². The molecule has 2 aromatic carbocycles. The zero-order chi connectivity index (χ0) is 23.8. The maximum absolute atomic E-state index is 5.47. The van der Waals surface area contributed by atoms with Crippen molar-refractivity contribution in [3.05, 3.63) is 58.6 Å². The molecule has 1 saturated heterocycles. The molecule has 0 aliphatic carbocycles. The number of nitrogens with one attached hydrogen (secondary N) is 2. The Balaban J connectivity index is 1.51. The van der Waals surface area contributed by atoms with E-state index in [1.54, 1.807) is 6.21 Å². The van der Waals surface area contributed by atoms with E-state index in [1.165, 1.54) is 5.69 Å². The molecule has 0 bridgehead atoms. The van der Waals surface area contributed by atoms with E-state index in [0.717, 1.165) is 41.9 Å². The molecule has 0 amide bonds. The van der Waals surface area contributed by atoms with Crippen molar-refractivity contribution in [2.45, 2.75) is 13.8 Å². The van der Waals surface area contributed by atoms with E-state index in [0.29, 0.717) is 31.1 Å². The summed E-state index contributed by atoms with van der Waals surface area (Å²) in [5.41, 5.74) is 6.02. The van der Waals surface area contributed by atoms with E-state index >= 15 is 0 Å². The number of morpholine rings is 1. The minimum Gasteiger partial charge on any atom is -0.378 e. The summed E-state index contributed by atoms with van der Waals surface area (Å²) in [7, 11) is 0. The number of nitrogens with zero attached hydrogens (tertiary/aromatic N) is 6. The first kappa shape index (κ1) is 23.9. The minimum absolute atomic E-state index is 0.366. The first-order valence-electron chi connectivity index (χ1n) is 11.4. The van der Waals surface area contributed by atoms with Crippen LogP contribution in [-0.4, -0.2) is 60.6 Å². The number of anilines is 5. The second kappa shape index (κ2) is 11.8. The molecule has 1 aromatic heterocycles. The van der Waals surface area contributed by atoms with E-state index in [-0.39, 0.29) is 0 Å². The van der Waals surface area contributed by atoms with Crippen LogP contribution in [0.3, 0.4) is 0 Å². The summed E-state index contributed by atoms with van der Waals surface area (Å²) in [6.07, 6.45) is 1.76. The Kier molecular flexibility index (Phi) is 8.26. The Morgan fingerprint density at radius 3 is 2.47 bits per heavy atom. The minimum atomic E-state index is 0.366. The largest absolute Gasteiger partial charge is 0.378 e. The number of ether oxygens (including phenoxy) is 1. The summed E-state index contributed by atoms with van der Waals surface area (Å²) in [6.45, 7) is 9.00. The molecule has 2 heterocycles. The van der Waals surface area contributed by atoms with E-state index < -0.39 is 0 Å². The van der Waals surface area contributed by atoms with Crippen molar-refractivity contribution in [1.29, 1.82) is 0 Å². The third-order valence-electron chi connectivity index (χ3n) is 5.40. The van der Waals surface area contributed by atoms with Gasteiger partial charge < -0.3 is 19.9 Å². The fourth-order valence-electron chi connectivity index (χ4n) is 3.60. The van der Waals surface area contributed by atoms with Crippen molar-refractivity contribution < 1.29 is 4.74 Å². The first-order valence-corrected chi connectivity index (χ1v) is 12.2. The van der Waals surface area contributed by atoms with Crippen LogP contribution < -0.4 is 20.5 Å². The molecular formula is C24H29BrN8O. The van der Waals surface area contributed by atoms with Crippen molar-refractivity contribution in [3.8, 4) is 0 Å². The lowest BCUT2D eigenvalue weighted by Gasteiger charge is -2.27. The highest BCUT2D eigenvalue weighted by atomic mass is 79.9. The molecule has 1 aliphatic heterocycles. The van der Waals surface area contributed by atoms with Crippen LogP contribution in [0.15, 0.2) is 58.1 Å². The van der Waals surface area contributed by atoms with Gasteiger partial charge in [-0.1, -0.05) is 34.1 Å². The van der Waals surface area contributed by atoms with Crippen molar-refractivity contribution in [2.75, 3.05) is 59.9 Å². The Morgan fingerprint density at radius 2 is 1.76 bits per heavy atom. The number of halogens is 1. The molecule has 9 nitrogen and oxygen atoms in total. The lowest BCUT2D eigenvalue weighted by atomic mass is 10.2. The van der Waals surface area contributed by atoms with Crippen LogP contribution in [0.1, 0.15) is 19.4 Å². The third-order valence-corrected chi connectivity index (χ3v) is 5.89. The van der Waals surface area contributed by atoms with Gasteiger partial charge in [0.1, 0.15) is 0 Å². The average Bonchev–Trinajstić information content (AvgIpc) is 2.86. The standard InChI is InChI=1S/C24H29BrN8O/c1-3-32(4-2)21-10-8-18(9-11-21)17-26-31-23-28-22(27-20-7-5-6-19(25)16-20)29-24(30-23)33-12-14-34-15-13-33/h5-11,16-17H,3-4,12-15H2,1-2H3,(H2,27,28,29,30,31)/b26-17+. The van der Waals surface area contributed by atoms with Gasteiger partial charge in [0, 0.05) is 42.0 Å². The highest BCUT2D eigenvalue weighted by Crippen LogP contribution is 2.21. The maximum atomic E-state index is 5.47. The van der Waals surface area contributed by atoms with Gasteiger partial charge in [0.25, 0.3) is 0 Å². The van der Waals surface area contributed by atoms with Gasteiger partial charge in [-0.2, -0.15) is 20.1 Å². The fourth-order valence-corrected chi connectivity index (χ4v) is 3.99. The molecule has 0 atom stereocenters. The van der Waals surface area contributed by atoms with Gasteiger partial charge in [0.05, 0.1) is 19.4 Å². The van der Waals surface area contributed by atoms with Crippen molar-refractivity contribution in [2.24, 2.45) is 5.10 Å². The molecule has 0 radical (unpaired) electrons. The second-order valence-corrected chi connectivity index (χ2v) is 8.57. The highest BCUT2D eigenvalue weighted by Gasteiger charge is 2.16. The Labute approximate surface area is 208 Å². The molecule has 10 heteroatoms. The third kappa shape index (κ3) is 6.42. The molecule has 178 valence electrons. The number of aromatic nitrogens is 3. The SMILES string of the molecule is CCN(CC)c1ccc(/C=N/Nc2nc(Nc3cccc(Br)c3)nc(N3CCOCC3)n2)cc1. The van der Waals surface area contributed by atoms with Crippen LogP contribution in [0.4, 0.5) is 29.2 Å². The number of rotatable bonds is 9. The van der Waals surface area contributed by atoms with E-state index in [4.69, 9.17) is 4.74 Å².